The Balaban J connectivity index is 2.63. The van der Waals surface area contributed by atoms with Crippen LogP contribution < -0.4 is 10.6 Å². The van der Waals surface area contributed by atoms with Crippen LogP contribution in [0.3, 0.4) is 0 Å². The van der Waals surface area contributed by atoms with E-state index >= 15 is 0 Å². The Kier molecular flexibility index (Phi) is 6.19. The average molecular weight is 289 g/mol. The number of amides is 2. The fourth-order valence-corrected chi connectivity index (χ4v) is 2.17. The van der Waals surface area contributed by atoms with Gasteiger partial charge in [-0.1, -0.05) is 25.5 Å². The summed E-state index contributed by atoms with van der Waals surface area (Å²) in [5.41, 5.74) is 0.903. The van der Waals surface area contributed by atoms with Crippen LogP contribution >= 0.6 is 0 Å². The van der Waals surface area contributed by atoms with Crippen molar-refractivity contribution >= 4 is 6.03 Å². The standard InChI is InChI=1S/C16H23N3O2/c1-4-9-16(3,11-20)19-15(21)18-12(2)14-7-5-13(10-17)6-8-14/h5-8,12,20H,4,9,11H2,1-3H3,(H2,18,19,21). The first-order valence-electron chi connectivity index (χ1n) is 7.13. The van der Waals surface area contributed by atoms with Gasteiger partial charge in [-0.3, -0.25) is 0 Å². The quantitative estimate of drug-likeness (QED) is 0.752. The topological polar surface area (TPSA) is 85.2 Å². The Morgan fingerprint density at radius 2 is 2.05 bits per heavy atom. The molecule has 0 aliphatic heterocycles. The van der Waals surface area contributed by atoms with Crippen LogP contribution in [-0.2, 0) is 0 Å². The lowest BCUT2D eigenvalue weighted by Crippen LogP contribution is -2.52. The molecule has 0 saturated carbocycles. The van der Waals surface area contributed by atoms with Crippen molar-refractivity contribution in [2.24, 2.45) is 0 Å². The summed E-state index contributed by atoms with van der Waals surface area (Å²) >= 11 is 0. The Morgan fingerprint density at radius 1 is 1.43 bits per heavy atom. The zero-order valence-corrected chi connectivity index (χ0v) is 12.8. The maximum absolute atomic E-state index is 12.0. The molecule has 0 radical (unpaired) electrons. The number of aliphatic hydroxyl groups is 1. The highest BCUT2D eigenvalue weighted by atomic mass is 16.3. The molecule has 2 amide bonds. The van der Waals surface area contributed by atoms with Crippen LogP contribution in [0.1, 0.15) is 50.8 Å². The zero-order valence-electron chi connectivity index (χ0n) is 12.8. The fraction of sp³-hybridized carbons (Fsp3) is 0.500. The number of rotatable bonds is 6. The number of hydrogen-bond acceptors (Lipinski definition) is 3. The highest BCUT2D eigenvalue weighted by Crippen LogP contribution is 2.14. The van der Waals surface area contributed by atoms with E-state index in [1.165, 1.54) is 0 Å². The molecule has 2 unspecified atom stereocenters. The van der Waals surface area contributed by atoms with Crippen LogP contribution in [0.2, 0.25) is 0 Å². The lowest BCUT2D eigenvalue weighted by molar-refractivity contribution is 0.162. The van der Waals surface area contributed by atoms with E-state index in [2.05, 4.69) is 16.7 Å². The summed E-state index contributed by atoms with van der Waals surface area (Å²) in [6.07, 6.45) is 1.59. The number of nitriles is 1. The minimum atomic E-state index is -0.608. The molecule has 0 saturated heterocycles. The Hall–Kier alpha value is -2.06. The second-order valence-electron chi connectivity index (χ2n) is 5.52. The third-order valence-corrected chi connectivity index (χ3v) is 3.45. The van der Waals surface area contributed by atoms with E-state index in [0.29, 0.717) is 12.0 Å². The molecule has 3 N–H and O–H groups in total. The summed E-state index contributed by atoms with van der Waals surface area (Å²) in [5.74, 6) is 0. The minimum absolute atomic E-state index is 0.0977. The van der Waals surface area contributed by atoms with Gasteiger partial charge in [0.2, 0.25) is 0 Å². The van der Waals surface area contributed by atoms with Gasteiger partial charge < -0.3 is 15.7 Å². The first-order chi connectivity index (χ1) is 9.94. The van der Waals surface area contributed by atoms with Gasteiger partial charge >= 0.3 is 6.03 Å². The van der Waals surface area contributed by atoms with Crippen LogP contribution in [0, 0.1) is 11.3 Å². The monoisotopic (exact) mass is 289 g/mol. The number of nitrogens with zero attached hydrogens (tertiary/aromatic N) is 1. The highest BCUT2D eigenvalue weighted by molar-refractivity contribution is 5.75. The number of carbonyl (C=O) groups is 1. The van der Waals surface area contributed by atoms with E-state index in [1.54, 1.807) is 12.1 Å². The largest absolute Gasteiger partial charge is 0.394 e. The number of benzene rings is 1. The smallest absolute Gasteiger partial charge is 0.315 e. The first-order valence-corrected chi connectivity index (χ1v) is 7.13. The van der Waals surface area contributed by atoms with E-state index in [9.17, 15) is 9.90 Å². The first kappa shape index (κ1) is 17.0. The Morgan fingerprint density at radius 3 is 2.52 bits per heavy atom. The number of hydrogen-bond donors (Lipinski definition) is 3. The van der Waals surface area contributed by atoms with Gasteiger partial charge in [0.15, 0.2) is 0 Å². The predicted molar refractivity (Wildman–Crippen MR) is 81.6 cm³/mol. The summed E-state index contributed by atoms with van der Waals surface area (Å²) in [7, 11) is 0. The van der Waals surface area contributed by atoms with Crippen LogP contribution in [0.15, 0.2) is 24.3 Å². The van der Waals surface area contributed by atoms with Crippen LogP contribution in [0.25, 0.3) is 0 Å². The van der Waals surface area contributed by atoms with E-state index in [-0.39, 0.29) is 18.7 Å². The molecule has 1 aromatic carbocycles. The van der Waals surface area contributed by atoms with Crippen molar-refractivity contribution in [2.75, 3.05) is 6.61 Å². The summed E-state index contributed by atoms with van der Waals surface area (Å²) < 4.78 is 0. The van der Waals surface area contributed by atoms with Crippen molar-refractivity contribution in [3.8, 4) is 6.07 Å². The highest BCUT2D eigenvalue weighted by Gasteiger charge is 2.25. The van der Waals surface area contributed by atoms with Crippen molar-refractivity contribution in [3.63, 3.8) is 0 Å². The maximum Gasteiger partial charge on any atom is 0.315 e. The molecule has 0 aliphatic carbocycles. The SMILES string of the molecule is CCCC(C)(CO)NC(=O)NC(C)c1ccc(C#N)cc1. The van der Waals surface area contributed by atoms with Gasteiger partial charge in [-0.2, -0.15) is 5.26 Å². The molecule has 0 aromatic heterocycles. The normalized spacial score (nSPS) is 14.6. The van der Waals surface area contributed by atoms with E-state index in [0.717, 1.165) is 12.0 Å². The Labute approximate surface area is 126 Å². The summed E-state index contributed by atoms with van der Waals surface area (Å²) in [4.78, 5) is 12.0. The molecule has 21 heavy (non-hydrogen) atoms. The van der Waals surface area contributed by atoms with Crippen LogP contribution in [-0.4, -0.2) is 23.3 Å². The molecule has 0 bridgehead atoms. The molecule has 0 fully saturated rings. The number of nitrogens with one attached hydrogen (secondary N) is 2. The molecule has 0 heterocycles. The molecular formula is C16H23N3O2. The van der Waals surface area contributed by atoms with Gasteiger partial charge in [0.25, 0.3) is 0 Å². The van der Waals surface area contributed by atoms with E-state index < -0.39 is 5.54 Å². The zero-order chi connectivity index (χ0) is 15.9. The second kappa shape index (κ2) is 7.65. The summed E-state index contributed by atoms with van der Waals surface area (Å²) in [6, 6.07) is 8.66. The molecule has 0 spiro atoms. The van der Waals surface area contributed by atoms with Crippen molar-refractivity contribution in [3.05, 3.63) is 35.4 Å². The van der Waals surface area contributed by atoms with Crippen molar-refractivity contribution in [2.45, 2.75) is 45.2 Å². The van der Waals surface area contributed by atoms with Gasteiger partial charge in [0, 0.05) is 0 Å². The minimum Gasteiger partial charge on any atom is -0.394 e. The lowest BCUT2D eigenvalue weighted by atomic mass is 9.97. The van der Waals surface area contributed by atoms with Crippen molar-refractivity contribution in [1.29, 1.82) is 5.26 Å². The van der Waals surface area contributed by atoms with Gasteiger partial charge in [0.05, 0.1) is 29.8 Å². The second-order valence-corrected chi connectivity index (χ2v) is 5.52. The number of urea groups is 1. The fourth-order valence-electron chi connectivity index (χ4n) is 2.17. The third-order valence-electron chi connectivity index (χ3n) is 3.45. The van der Waals surface area contributed by atoms with Crippen LogP contribution in [0.5, 0.6) is 0 Å². The maximum atomic E-state index is 12.0. The number of carbonyl (C=O) groups excluding carboxylic acids is 1. The van der Waals surface area contributed by atoms with Gasteiger partial charge in [-0.05, 0) is 38.0 Å². The summed E-state index contributed by atoms with van der Waals surface area (Å²) in [6.45, 7) is 5.60. The van der Waals surface area contributed by atoms with Crippen LogP contribution in [0.4, 0.5) is 4.79 Å². The molecule has 114 valence electrons. The molecule has 0 aliphatic rings. The van der Waals surface area contributed by atoms with Gasteiger partial charge in [0.1, 0.15) is 0 Å². The Bertz CT molecular complexity index is 507. The van der Waals surface area contributed by atoms with Gasteiger partial charge in [-0.25, -0.2) is 4.79 Å². The number of aliphatic hydroxyl groups excluding tert-OH is 1. The van der Waals surface area contributed by atoms with Crippen molar-refractivity contribution < 1.29 is 9.90 Å². The summed E-state index contributed by atoms with van der Waals surface area (Å²) in [5, 5.41) is 23.8. The third kappa shape index (κ3) is 5.09. The molecule has 5 heteroatoms. The molecule has 1 rings (SSSR count). The van der Waals surface area contributed by atoms with E-state index in [1.807, 2.05) is 32.9 Å². The van der Waals surface area contributed by atoms with Gasteiger partial charge in [-0.15, -0.1) is 0 Å². The molecule has 5 nitrogen and oxygen atoms in total. The average Bonchev–Trinajstić information content (AvgIpc) is 2.47. The lowest BCUT2D eigenvalue weighted by Gasteiger charge is -2.29. The van der Waals surface area contributed by atoms with Crippen molar-refractivity contribution in [1.82, 2.24) is 10.6 Å². The predicted octanol–water partition coefficient (Wildman–Crippen LogP) is 2.47. The molecule has 2 atom stereocenters. The van der Waals surface area contributed by atoms with E-state index in [4.69, 9.17) is 5.26 Å². The molecular weight excluding hydrogens is 266 g/mol. The molecule has 1 aromatic rings.